The lowest BCUT2D eigenvalue weighted by atomic mass is 10.3. The summed E-state index contributed by atoms with van der Waals surface area (Å²) in [4.78, 5) is 3.77. The van der Waals surface area contributed by atoms with Crippen LogP contribution < -0.4 is 0 Å². The molecule has 0 aliphatic rings. The lowest BCUT2D eigenvalue weighted by Crippen LogP contribution is -2.23. The first-order valence-electron chi connectivity index (χ1n) is 5.42. The summed E-state index contributed by atoms with van der Waals surface area (Å²) < 4.78 is 5.52. The van der Waals surface area contributed by atoms with Crippen LogP contribution in [0.3, 0.4) is 0 Å². The second-order valence-corrected chi connectivity index (χ2v) is 5.18. The number of hydrogen-bond donors (Lipinski definition) is 0. The normalized spacial score (nSPS) is 11.6. The molecule has 1 heterocycles. The molecule has 0 unspecified atom stereocenters. The van der Waals surface area contributed by atoms with Gasteiger partial charge in [-0.25, -0.2) is 0 Å². The van der Waals surface area contributed by atoms with Crippen LogP contribution in [0.25, 0.3) is 0 Å². The predicted molar refractivity (Wildman–Crippen MR) is 66.5 cm³/mol. The lowest BCUT2D eigenvalue weighted by molar-refractivity contribution is 0.0628. The summed E-state index contributed by atoms with van der Waals surface area (Å²) in [5.41, 5.74) is 1.40. The Hall–Kier alpha value is -0.380. The second kappa shape index (κ2) is 6.26. The van der Waals surface area contributed by atoms with E-state index in [1.807, 2.05) is 11.3 Å². The topological polar surface area (TPSA) is 12.5 Å². The maximum absolute atomic E-state index is 5.52. The Morgan fingerprint density at radius 1 is 1.47 bits per heavy atom. The summed E-state index contributed by atoms with van der Waals surface area (Å²) in [5, 5.41) is 2.16. The molecular formula is C12H21NOS. The molecule has 0 radical (unpaired) electrons. The van der Waals surface area contributed by atoms with Crippen LogP contribution in [0, 0.1) is 6.92 Å². The van der Waals surface area contributed by atoms with Crippen molar-refractivity contribution in [3.8, 4) is 0 Å². The van der Waals surface area contributed by atoms with Gasteiger partial charge < -0.3 is 4.74 Å². The molecule has 0 saturated heterocycles. The molecule has 1 aromatic heterocycles. The minimum absolute atomic E-state index is 0.335. The molecule has 0 aliphatic carbocycles. The Morgan fingerprint density at radius 2 is 2.20 bits per heavy atom. The van der Waals surface area contributed by atoms with E-state index in [1.54, 1.807) is 0 Å². The fourth-order valence-corrected chi connectivity index (χ4v) is 2.32. The van der Waals surface area contributed by atoms with E-state index in [2.05, 4.69) is 44.2 Å². The molecule has 15 heavy (non-hydrogen) atoms. The van der Waals surface area contributed by atoms with E-state index in [-0.39, 0.29) is 0 Å². The molecule has 2 nitrogen and oxygen atoms in total. The number of thiophene rings is 1. The van der Waals surface area contributed by atoms with Crippen LogP contribution in [0.1, 0.15) is 24.3 Å². The highest BCUT2D eigenvalue weighted by molar-refractivity contribution is 7.10. The molecule has 0 aliphatic heterocycles. The molecule has 0 aromatic carbocycles. The van der Waals surface area contributed by atoms with Gasteiger partial charge in [-0.2, -0.15) is 0 Å². The van der Waals surface area contributed by atoms with Crippen molar-refractivity contribution >= 4 is 11.3 Å². The summed E-state index contributed by atoms with van der Waals surface area (Å²) in [6, 6.07) is 2.18. The second-order valence-electron chi connectivity index (χ2n) is 4.18. The molecule has 0 atom stereocenters. The van der Waals surface area contributed by atoms with E-state index < -0.39 is 0 Å². The van der Waals surface area contributed by atoms with Crippen LogP contribution in [0.4, 0.5) is 0 Å². The number of likely N-dealkylation sites (N-methyl/N-ethyl adjacent to an activating group) is 1. The summed E-state index contributed by atoms with van der Waals surface area (Å²) in [6.07, 6.45) is 0.335. The number of nitrogens with zero attached hydrogens (tertiary/aromatic N) is 1. The van der Waals surface area contributed by atoms with E-state index in [0.29, 0.717) is 6.10 Å². The third-order valence-electron chi connectivity index (χ3n) is 2.31. The Morgan fingerprint density at radius 3 is 2.73 bits per heavy atom. The van der Waals surface area contributed by atoms with Gasteiger partial charge in [-0.1, -0.05) is 0 Å². The summed E-state index contributed by atoms with van der Waals surface area (Å²) in [6.45, 7) is 9.16. The van der Waals surface area contributed by atoms with Crippen LogP contribution >= 0.6 is 11.3 Å². The molecule has 0 N–H and O–H groups in total. The third kappa shape index (κ3) is 4.78. The Labute approximate surface area is 96.9 Å². The van der Waals surface area contributed by atoms with Gasteiger partial charge >= 0.3 is 0 Å². The third-order valence-corrected chi connectivity index (χ3v) is 3.31. The predicted octanol–water partition coefficient (Wildman–Crippen LogP) is 2.91. The van der Waals surface area contributed by atoms with Crippen molar-refractivity contribution in [1.29, 1.82) is 0 Å². The molecule has 0 spiro atoms. The molecule has 0 fully saturated rings. The maximum Gasteiger partial charge on any atom is 0.0596 e. The zero-order valence-corrected chi connectivity index (χ0v) is 10.9. The monoisotopic (exact) mass is 227 g/mol. The number of ether oxygens (including phenoxy) is 1. The molecule has 86 valence electrons. The van der Waals surface area contributed by atoms with Crippen molar-refractivity contribution in [1.82, 2.24) is 4.90 Å². The standard InChI is InChI=1S/C12H21NOS/c1-10(2)14-7-6-13(4)9-12-11(3)5-8-15-12/h5,8,10H,6-7,9H2,1-4H3. The number of rotatable bonds is 6. The number of hydrogen-bond acceptors (Lipinski definition) is 3. The summed E-state index contributed by atoms with van der Waals surface area (Å²) in [7, 11) is 2.14. The zero-order valence-electron chi connectivity index (χ0n) is 10.1. The Bertz CT molecular complexity index is 283. The fraction of sp³-hybridized carbons (Fsp3) is 0.667. The van der Waals surface area contributed by atoms with Gasteiger partial charge in [-0.05, 0) is 44.8 Å². The molecule has 1 rings (SSSR count). The Balaban J connectivity index is 2.24. The average molecular weight is 227 g/mol. The quantitative estimate of drug-likeness (QED) is 0.741. The van der Waals surface area contributed by atoms with Crippen LogP contribution in [-0.4, -0.2) is 31.2 Å². The Kier molecular flexibility index (Phi) is 5.29. The first-order valence-corrected chi connectivity index (χ1v) is 6.30. The van der Waals surface area contributed by atoms with Gasteiger partial charge in [0.25, 0.3) is 0 Å². The highest BCUT2D eigenvalue weighted by Crippen LogP contribution is 2.16. The summed E-state index contributed by atoms with van der Waals surface area (Å²) >= 11 is 1.84. The highest BCUT2D eigenvalue weighted by Gasteiger charge is 2.04. The largest absolute Gasteiger partial charge is 0.377 e. The fourth-order valence-electron chi connectivity index (χ4n) is 1.33. The molecule has 1 aromatic rings. The smallest absolute Gasteiger partial charge is 0.0596 e. The van der Waals surface area contributed by atoms with Gasteiger partial charge in [0.2, 0.25) is 0 Å². The zero-order chi connectivity index (χ0) is 11.3. The molecule has 0 saturated carbocycles. The maximum atomic E-state index is 5.52. The van der Waals surface area contributed by atoms with Crippen LogP contribution in [-0.2, 0) is 11.3 Å². The molecular weight excluding hydrogens is 206 g/mol. The van der Waals surface area contributed by atoms with E-state index in [0.717, 1.165) is 19.7 Å². The van der Waals surface area contributed by atoms with E-state index >= 15 is 0 Å². The van der Waals surface area contributed by atoms with Gasteiger partial charge in [-0.3, -0.25) is 4.90 Å². The molecule has 0 bridgehead atoms. The van der Waals surface area contributed by atoms with E-state index in [9.17, 15) is 0 Å². The van der Waals surface area contributed by atoms with Gasteiger partial charge in [0.1, 0.15) is 0 Å². The van der Waals surface area contributed by atoms with E-state index in [1.165, 1.54) is 10.4 Å². The molecule has 0 amide bonds. The first kappa shape index (κ1) is 12.7. The van der Waals surface area contributed by atoms with Crippen molar-refractivity contribution in [3.63, 3.8) is 0 Å². The van der Waals surface area contributed by atoms with Crippen molar-refractivity contribution in [2.75, 3.05) is 20.2 Å². The minimum Gasteiger partial charge on any atom is -0.377 e. The van der Waals surface area contributed by atoms with Gasteiger partial charge in [-0.15, -0.1) is 11.3 Å². The van der Waals surface area contributed by atoms with Crippen molar-refractivity contribution in [2.24, 2.45) is 0 Å². The van der Waals surface area contributed by atoms with Crippen LogP contribution in [0.2, 0.25) is 0 Å². The van der Waals surface area contributed by atoms with Crippen molar-refractivity contribution in [3.05, 3.63) is 21.9 Å². The lowest BCUT2D eigenvalue weighted by Gasteiger charge is -2.17. The number of aryl methyl sites for hydroxylation is 1. The van der Waals surface area contributed by atoms with E-state index in [4.69, 9.17) is 4.74 Å². The minimum atomic E-state index is 0.335. The SMILES string of the molecule is Cc1ccsc1CN(C)CCOC(C)C. The van der Waals surface area contributed by atoms with Gasteiger partial charge in [0.15, 0.2) is 0 Å². The highest BCUT2D eigenvalue weighted by atomic mass is 32.1. The first-order chi connectivity index (χ1) is 7.09. The average Bonchev–Trinajstić information content (AvgIpc) is 2.51. The van der Waals surface area contributed by atoms with Crippen molar-refractivity contribution in [2.45, 2.75) is 33.4 Å². The van der Waals surface area contributed by atoms with Crippen LogP contribution in [0.5, 0.6) is 0 Å². The summed E-state index contributed by atoms with van der Waals surface area (Å²) in [5.74, 6) is 0. The van der Waals surface area contributed by atoms with Gasteiger partial charge in [0, 0.05) is 18.0 Å². The molecule has 3 heteroatoms. The van der Waals surface area contributed by atoms with Gasteiger partial charge in [0.05, 0.1) is 12.7 Å². The van der Waals surface area contributed by atoms with Crippen molar-refractivity contribution < 1.29 is 4.74 Å². The van der Waals surface area contributed by atoms with Crippen LogP contribution in [0.15, 0.2) is 11.4 Å².